The van der Waals surface area contributed by atoms with Crippen molar-refractivity contribution < 1.29 is 8.42 Å². The van der Waals surface area contributed by atoms with Crippen LogP contribution in [0.1, 0.15) is 75.1 Å². The third kappa shape index (κ3) is 4.24. The van der Waals surface area contributed by atoms with Crippen LogP contribution in [0.15, 0.2) is 41.3 Å². The van der Waals surface area contributed by atoms with Gasteiger partial charge in [0, 0.05) is 5.92 Å². The molecule has 164 valence electrons. The highest BCUT2D eigenvalue weighted by molar-refractivity contribution is 7.92. The summed E-state index contributed by atoms with van der Waals surface area (Å²) in [7, 11) is -3.24. The van der Waals surface area contributed by atoms with Crippen LogP contribution in [0.25, 0.3) is 11.2 Å². The van der Waals surface area contributed by atoms with Crippen LogP contribution < -0.4 is 0 Å². The van der Waals surface area contributed by atoms with Crippen LogP contribution in [0.2, 0.25) is 5.15 Å². The number of imidazole rings is 1. The third-order valence-electron chi connectivity index (χ3n) is 7.06. The summed E-state index contributed by atoms with van der Waals surface area (Å²) >= 11 is 6.05. The van der Waals surface area contributed by atoms with E-state index in [-0.39, 0.29) is 11.2 Å². The minimum atomic E-state index is -3.24. The third-order valence-corrected chi connectivity index (χ3v) is 9.54. The van der Waals surface area contributed by atoms with Gasteiger partial charge >= 0.3 is 0 Å². The number of fused-ring (bicyclic) bond motifs is 1. The van der Waals surface area contributed by atoms with Crippen LogP contribution in [0.5, 0.6) is 0 Å². The van der Waals surface area contributed by atoms with Crippen LogP contribution in [0.3, 0.4) is 0 Å². The van der Waals surface area contributed by atoms with E-state index in [1.807, 2.05) is 18.2 Å². The van der Waals surface area contributed by atoms with E-state index in [9.17, 15) is 8.42 Å². The summed E-state index contributed by atoms with van der Waals surface area (Å²) < 4.78 is 25.9. The predicted octanol–water partition coefficient (Wildman–Crippen LogP) is 6.04. The lowest BCUT2D eigenvalue weighted by Crippen LogP contribution is -2.18. The number of halogens is 1. The number of sulfone groups is 1. The van der Waals surface area contributed by atoms with Gasteiger partial charge < -0.3 is 4.98 Å². The van der Waals surface area contributed by atoms with Gasteiger partial charge in [-0.25, -0.2) is 18.4 Å². The van der Waals surface area contributed by atoms with E-state index in [1.165, 1.54) is 25.7 Å². The lowest BCUT2D eigenvalue weighted by molar-refractivity contribution is 0.465. The second kappa shape index (κ2) is 8.55. The molecule has 2 saturated carbocycles. The van der Waals surface area contributed by atoms with Crippen molar-refractivity contribution in [3.05, 3.63) is 52.9 Å². The van der Waals surface area contributed by atoms with Crippen LogP contribution in [-0.2, 0) is 9.84 Å². The molecule has 2 heterocycles. The number of nitrogens with zero attached hydrogens (tertiary/aromatic N) is 2. The zero-order valence-corrected chi connectivity index (χ0v) is 19.1. The minimum absolute atomic E-state index is 0.0827. The summed E-state index contributed by atoms with van der Waals surface area (Å²) in [6.07, 6.45) is 9.64. The van der Waals surface area contributed by atoms with Crippen LogP contribution in [-0.4, -0.2) is 28.6 Å². The van der Waals surface area contributed by atoms with Gasteiger partial charge in [-0.15, -0.1) is 0 Å². The van der Waals surface area contributed by atoms with Crippen molar-refractivity contribution >= 4 is 32.6 Å². The summed E-state index contributed by atoms with van der Waals surface area (Å²) in [4.78, 5) is 13.0. The minimum Gasteiger partial charge on any atom is -0.340 e. The van der Waals surface area contributed by atoms with E-state index < -0.39 is 9.84 Å². The van der Waals surface area contributed by atoms with E-state index in [4.69, 9.17) is 16.6 Å². The van der Waals surface area contributed by atoms with Crippen molar-refractivity contribution in [1.82, 2.24) is 15.0 Å². The number of pyridine rings is 1. The molecule has 0 aliphatic heterocycles. The maximum absolute atomic E-state index is 13.0. The molecule has 31 heavy (non-hydrogen) atoms. The normalized spacial score (nSPS) is 19.4. The Morgan fingerprint density at radius 1 is 0.935 bits per heavy atom. The van der Waals surface area contributed by atoms with E-state index in [0.717, 1.165) is 49.0 Å². The number of nitrogens with one attached hydrogen (secondary N) is 1. The number of benzene rings is 1. The van der Waals surface area contributed by atoms with Crippen LogP contribution in [0.4, 0.5) is 0 Å². The summed E-state index contributed by atoms with van der Waals surface area (Å²) in [5, 5.41) is 0.207. The molecule has 1 aromatic carbocycles. The Bertz CT molecular complexity index is 1160. The van der Waals surface area contributed by atoms with Crippen molar-refractivity contribution in [2.75, 3.05) is 0 Å². The van der Waals surface area contributed by atoms with Crippen molar-refractivity contribution in [2.45, 2.75) is 73.9 Å². The SMILES string of the molecule is O=S(=O)(c1ccc(C(CC2CCCC2)c2nc3nc(Cl)ccc3[nH]2)cc1)C1CCCC1. The highest BCUT2D eigenvalue weighted by Gasteiger charge is 2.31. The highest BCUT2D eigenvalue weighted by atomic mass is 35.5. The fraction of sp³-hybridized carbons (Fsp3) is 0.500. The quantitative estimate of drug-likeness (QED) is 0.458. The Morgan fingerprint density at radius 3 is 2.32 bits per heavy atom. The Morgan fingerprint density at radius 2 is 1.61 bits per heavy atom. The molecule has 5 nitrogen and oxygen atoms in total. The smallest absolute Gasteiger partial charge is 0.181 e. The maximum Gasteiger partial charge on any atom is 0.181 e. The molecule has 0 amide bonds. The first-order valence-electron chi connectivity index (χ1n) is 11.4. The molecule has 1 atom stereocenters. The zero-order chi connectivity index (χ0) is 21.4. The van der Waals surface area contributed by atoms with Gasteiger partial charge in [-0.2, -0.15) is 0 Å². The van der Waals surface area contributed by atoms with Crippen molar-refractivity contribution in [2.24, 2.45) is 5.92 Å². The van der Waals surface area contributed by atoms with Gasteiger partial charge in [0.25, 0.3) is 0 Å². The molecular formula is C24H28ClN3O2S. The Labute approximate surface area is 188 Å². The van der Waals surface area contributed by atoms with Gasteiger partial charge in [-0.3, -0.25) is 0 Å². The van der Waals surface area contributed by atoms with Gasteiger partial charge in [0.2, 0.25) is 0 Å². The molecule has 0 bridgehead atoms. The molecule has 1 N–H and O–H groups in total. The first-order chi connectivity index (χ1) is 15.0. The van der Waals surface area contributed by atoms with E-state index in [2.05, 4.69) is 9.97 Å². The first kappa shape index (κ1) is 21.0. The van der Waals surface area contributed by atoms with E-state index in [0.29, 0.717) is 21.6 Å². The Hall–Kier alpha value is -1.92. The van der Waals surface area contributed by atoms with E-state index in [1.54, 1.807) is 18.2 Å². The predicted molar refractivity (Wildman–Crippen MR) is 123 cm³/mol. The molecular weight excluding hydrogens is 430 g/mol. The lowest BCUT2D eigenvalue weighted by atomic mass is 9.87. The van der Waals surface area contributed by atoms with Gasteiger partial charge in [-0.05, 0) is 55.0 Å². The molecule has 3 aromatic rings. The van der Waals surface area contributed by atoms with Crippen molar-refractivity contribution in [3.8, 4) is 0 Å². The average Bonchev–Trinajstić information content (AvgIpc) is 3.53. The van der Waals surface area contributed by atoms with Crippen LogP contribution >= 0.6 is 11.6 Å². The Balaban J connectivity index is 1.48. The molecule has 1 unspecified atom stereocenters. The molecule has 0 radical (unpaired) electrons. The molecule has 5 rings (SSSR count). The first-order valence-corrected chi connectivity index (χ1v) is 13.3. The lowest BCUT2D eigenvalue weighted by Gasteiger charge is -2.20. The standard InChI is InChI=1S/C24H28ClN3O2S/c25-22-14-13-21-24(27-22)28-23(26-21)20(15-16-5-1-2-6-16)17-9-11-19(12-10-17)31(29,30)18-7-3-4-8-18/h9-14,16,18,20H,1-8,15H2,(H,26,27,28). The van der Waals surface area contributed by atoms with Crippen molar-refractivity contribution in [3.63, 3.8) is 0 Å². The van der Waals surface area contributed by atoms with Gasteiger partial charge in [0.1, 0.15) is 11.0 Å². The van der Waals surface area contributed by atoms with Gasteiger partial charge in [-0.1, -0.05) is 62.3 Å². The largest absolute Gasteiger partial charge is 0.340 e. The Kier molecular flexibility index (Phi) is 5.78. The monoisotopic (exact) mass is 457 g/mol. The molecule has 0 spiro atoms. The zero-order valence-electron chi connectivity index (χ0n) is 17.6. The molecule has 0 saturated heterocycles. The summed E-state index contributed by atoms with van der Waals surface area (Å²) in [6, 6.07) is 11.2. The number of aromatic nitrogens is 3. The number of hydrogen-bond donors (Lipinski definition) is 1. The van der Waals surface area contributed by atoms with Crippen molar-refractivity contribution in [1.29, 1.82) is 0 Å². The van der Waals surface area contributed by atoms with Crippen LogP contribution in [0, 0.1) is 5.92 Å². The summed E-state index contributed by atoms with van der Waals surface area (Å²) in [6.45, 7) is 0. The fourth-order valence-electron chi connectivity index (χ4n) is 5.32. The maximum atomic E-state index is 13.0. The number of hydrogen-bond acceptors (Lipinski definition) is 4. The summed E-state index contributed by atoms with van der Waals surface area (Å²) in [5.74, 6) is 1.62. The molecule has 2 fully saturated rings. The second-order valence-corrected chi connectivity index (χ2v) is 11.7. The molecule has 2 aliphatic rings. The second-order valence-electron chi connectivity index (χ2n) is 9.09. The highest BCUT2D eigenvalue weighted by Crippen LogP contribution is 2.38. The number of rotatable bonds is 6. The number of H-pyrrole nitrogens is 1. The summed E-state index contributed by atoms with van der Waals surface area (Å²) in [5.41, 5.74) is 2.60. The number of aromatic amines is 1. The molecule has 2 aliphatic carbocycles. The average molecular weight is 458 g/mol. The fourth-order valence-corrected chi connectivity index (χ4v) is 7.32. The van der Waals surface area contributed by atoms with Gasteiger partial charge in [0.05, 0.1) is 15.7 Å². The molecule has 2 aromatic heterocycles. The topological polar surface area (TPSA) is 75.7 Å². The molecule has 7 heteroatoms. The van der Waals surface area contributed by atoms with Gasteiger partial charge in [0.15, 0.2) is 15.5 Å². The van der Waals surface area contributed by atoms with E-state index >= 15 is 0 Å².